The van der Waals surface area contributed by atoms with Crippen LogP contribution in [0.3, 0.4) is 0 Å². The molecular formula is C10H14N2O2. The summed E-state index contributed by atoms with van der Waals surface area (Å²) in [6.07, 6.45) is 6.19. The Balaban J connectivity index is 2.02. The zero-order chi connectivity index (χ0) is 10.1. The van der Waals surface area contributed by atoms with Gasteiger partial charge in [-0.15, -0.1) is 0 Å². The van der Waals surface area contributed by atoms with E-state index in [0.717, 1.165) is 25.7 Å². The highest BCUT2D eigenvalue weighted by atomic mass is 16.2. The van der Waals surface area contributed by atoms with E-state index < -0.39 is 0 Å². The monoisotopic (exact) mass is 194 g/mol. The number of amides is 2. The lowest BCUT2D eigenvalue weighted by molar-refractivity contribution is -0.140. The van der Waals surface area contributed by atoms with Crippen molar-refractivity contribution in [2.75, 3.05) is 0 Å². The predicted molar refractivity (Wildman–Crippen MR) is 51.2 cm³/mol. The van der Waals surface area contributed by atoms with Crippen LogP contribution in [0.5, 0.6) is 0 Å². The molecule has 0 spiro atoms. The van der Waals surface area contributed by atoms with Gasteiger partial charge in [-0.1, -0.05) is 0 Å². The molecule has 0 unspecified atom stereocenters. The maximum atomic E-state index is 11.4. The van der Waals surface area contributed by atoms with Gasteiger partial charge in [-0.05, 0) is 25.7 Å². The normalized spacial score (nSPS) is 32.8. The van der Waals surface area contributed by atoms with E-state index in [1.165, 1.54) is 17.1 Å². The summed E-state index contributed by atoms with van der Waals surface area (Å²) < 4.78 is 0. The maximum absolute atomic E-state index is 11.4. The molecule has 0 atom stereocenters. The fraction of sp³-hybridized carbons (Fsp3) is 0.600. The number of nitrogens with two attached hydrogens (primary N) is 1. The molecule has 1 fully saturated rings. The van der Waals surface area contributed by atoms with Crippen LogP contribution in [-0.2, 0) is 9.59 Å². The van der Waals surface area contributed by atoms with Gasteiger partial charge in [0.2, 0.25) is 0 Å². The predicted octanol–water partition coefficient (Wildman–Crippen LogP) is 0.181. The number of nitrogens with zero attached hydrogens (tertiary/aromatic N) is 1. The molecule has 0 saturated heterocycles. The number of imide groups is 1. The number of hydrogen-bond acceptors (Lipinski definition) is 3. The lowest BCUT2D eigenvalue weighted by Gasteiger charge is -2.31. The first-order chi connectivity index (χ1) is 6.68. The van der Waals surface area contributed by atoms with E-state index in [2.05, 4.69) is 0 Å². The van der Waals surface area contributed by atoms with Crippen LogP contribution >= 0.6 is 0 Å². The first kappa shape index (κ1) is 9.40. The van der Waals surface area contributed by atoms with E-state index in [0.29, 0.717) is 0 Å². The Labute approximate surface area is 82.7 Å². The summed E-state index contributed by atoms with van der Waals surface area (Å²) in [6, 6.07) is 0.316. The number of hydrogen-bond donors (Lipinski definition) is 1. The largest absolute Gasteiger partial charge is 0.328 e. The average molecular weight is 194 g/mol. The molecule has 0 radical (unpaired) electrons. The summed E-state index contributed by atoms with van der Waals surface area (Å²) in [6.45, 7) is 0. The number of carbonyl (C=O) groups excluding carboxylic acids is 2. The van der Waals surface area contributed by atoms with Gasteiger partial charge in [-0.3, -0.25) is 14.5 Å². The Morgan fingerprint density at radius 1 is 1.07 bits per heavy atom. The average Bonchev–Trinajstić information content (AvgIpc) is 2.49. The Hall–Kier alpha value is -1.16. The molecule has 1 saturated carbocycles. The van der Waals surface area contributed by atoms with E-state index >= 15 is 0 Å². The third-order valence-electron chi connectivity index (χ3n) is 2.95. The van der Waals surface area contributed by atoms with Crippen molar-refractivity contribution in [3.05, 3.63) is 12.2 Å². The molecular weight excluding hydrogens is 180 g/mol. The van der Waals surface area contributed by atoms with E-state index in [1.54, 1.807) is 0 Å². The molecule has 0 aromatic rings. The van der Waals surface area contributed by atoms with Gasteiger partial charge in [0.1, 0.15) is 0 Å². The van der Waals surface area contributed by atoms with Gasteiger partial charge in [0.15, 0.2) is 0 Å². The summed E-state index contributed by atoms with van der Waals surface area (Å²) in [5.74, 6) is -0.342. The quantitative estimate of drug-likeness (QED) is 0.606. The summed E-state index contributed by atoms with van der Waals surface area (Å²) in [5, 5.41) is 0. The topological polar surface area (TPSA) is 63.4 Å². The summed E-state index contributed by atoms with van der Waals surface area (Å²) in [7, 11) is 0. The molecule has 2 rings (SSSR count). The molecule has 76 valence electrons. The number of carbonyl (C=O) groups is 2. The van der Waals surface area contributed by atoms with E-state index in [4.69, 9.17) is 5.73 Å². The Morgan fingerprint density at radius 2 is 1.57 bits per heavy atom. The molecule has 14 heavy (non-hydrogen) atoms. The molecule has 0 bridgehead atoms. The standard InChI is InChI=1S/C10H14N2O2/c11-7-1-3-8(4-2-7)12-9(13)5-6-10(12)14/h5-8H,1-4,11H2/t7-,8-. The van der Waals surface area contributed by atoms with Crippen LogP contribution < -0.4 is 5.73 Å². The van der Waals surface area contributed by atoms with Gasteiger partial charge >= 0.3 is 0 Å². The van der Waals surface area contributed by atoms with Crippen LogP contribution in [0.1, 0.15) is 25.7 Å². The second kappa shape index (κ2) is 3.53. The third kappa shape index (κ3) is 1.57. The van der Waals surface area contributed by atoms with Gasteiger partial charge in [0.05, 0.1) is 0 Å². The van der Waals surface area contributed by atoms with Crippen LogP contribution in [0, 0.1) is 0 Å². The van der Waals surface area contributed by atoms with Crippen molar-refractivity contribution in [2.24, 2.45) is 5.73 Å². The molecule has 4 heteroatoms. The molecule has 0 aromatic carbocycles. The SMILES string of the molecule is N[C@H]1CC[C@H](N2C(=O)C=CC2=O)CC1. The third-order valence-corrected chi connectivity index (χ3v) is 2.95. The first-order valence-electron chi connectivity index (χ1n) is 4.99. The van der Waals surface area contributed by atoms with Crippen LogP contribution in [0.15, 0.2) is 12.2 Å². The first-order valence-corrected chi connectivity index (χ1v) is 4.99. The lowest BCUT2D eigenvalue weighted by atomic mass is 9.91. The highest BCUT2D eigenvalue weighted by Gasteiger charge is 2.32. The highest BCUT2D eigenvalue weighted by Crippen LogP contribution is 2.24. The van der Waals surface area contributed by atoms with Crippen molar-refractivity contribution >= 4 is 11.8 Å². The van der Waals surface area contributed by atoms with Crippen molar-refractivity contribution in [1.29, 1.82) is 0 Å². The minimum Gasteiger partial charge on any atom is -0.328 e. The number of rotatable bonds is 1. The van der Waals surface area contributed by atoms with Gasteiger partial charge < -0.3 is 5.73 Å². The molecule has 1 aliphatic carbocycles. The minimum absolute atomic E-state index is 0.0739. The van der Waals surface area contributed by atoms with Crippen molar-refractivity contribution < 1.29 is 9.59 Å². The summed E-state index contributed by atoms with van der Waals surface area (Å²) >= 11 is 0. The van der Waals surface area contributed by atoms with Crippen molar-refractivity contribution in [1.82, 2.24) is 4.90 Å². The smallest absolute Gasteiger partial charge is 0.253 e. The second-order valence-corrected chi connectivity index (χ2v) is 3.95. The van der Waals surface area contributed by atoms with Crippen molar-refractivity contribution in [2.45, 2.75) is 37.8 Å². The van der Waals surface area contributed by atoms with Gasteiger partial charge in [0.25, 0.3) is 11.8 Å². The Kier molecular flexibility index (Phi) is 2.37. The molecule has 0 aromatic heterocycles. The fourth-order valence-corrected chi connectivity index (χ4v) is 2.13. The molecule has 4 nitrogen and oxygen atoms in total. The summed E-state index contributed by atoms with van der Waals surface area (Å²) in [5.41, 5.74) is 5.76. The van der Waals surface area contributed by atoms with Crippen LogP contribution in [0.4, 0.5) is 0 Å². The Morgan fingerprint density at radius 3 is 2.07 bits per heavy atom. The van der Waals surface area contributed by atoms with Gasteiger partial charge in [-0.25, -0.2) is 0 Å². The molecule has 2 N–H and O–H groups in total. The van der Waals surface area contributed by atoms with E-state index in [1.807, 2.05) is 0 Å². The van der Waals surface area contributed by atoms with Gasteiger partial charge in [-0.2, -0.15) is 0 Å². The highest BCUT2D eigenvalue weighted by molar-refractivity contribution is 6.13. The summed E-state index contributed by atoms with van der Waals surface area (Å²) in [4.78, 5) is 24.1. The van der Waals surface area contributed by atoms with E-state index in [9.17, 15) is 9.59 Å². The van der Waals surface area contributed by atoms with Crippen molar-refractivity contribution in [3.63, 3.8) is 0 Å². The zero-order valence-electron chi connectivity index (χ0n) is 7.98. The van der Waals surface area contributed by atoms with Crippen molar-refractivity contribution in [3.8, 4) is 0 Å². The van der Waals surface area contributed by atoms with Crippen LogP contribution in [-0.4, -0.2) is 28.8 Å². The Bertz CT molecular complexity index is 272. The minimum atomic E-state index is -0.171. The van der Waals surface area contributed by atoms with Crippen LogP contribution in [0.2, 0.25) is 0 Å². The van der Waals surface area contributed by atoms with Gasteiger partial charge in [0, 0.05) is 24.2 Å². The second-order valence-electron chi connectivity index (χ2n) is 3.95. The molecule has 1 aliphatic heterocycles. The lowest BCUT2D eigenvalue weighted by Crippen LogP contribution is -2.44. The zero-order valence-corrected chi connectivity index (χ0v) is 7.98. The molecule has 2 amide bonds. The van der Waals surface area contributed by atoms with E-state index in [-0.39, 0.29) is 23.9 Å². The van der Waals surface area contributed by atoms with Crippen LogP contribution in [0.25, 0.3) is 0 Å². The maximum Gasteiger partial charge on any atom is 0.253 e. The molecule has 1 heterocycles. The molecule has 2 aliphatic rings. The fourth-order valence-electron chi connectivity index (χ4n) is 2.13.